The van der Waals surface area contributed by atoms with Crippen molar-refractivity contribution >= 4 is 17.4 Å². The van der Waals surface area contributed by atoms with E-state index >= 15 is 0 Å². The van der Waals surface area contributed by atoms with Crippen molar-refractivity contribution in [2.45, 2.75) is 72.6 Å². The number of nitrogens with zero attached hydrogens (tertiary/aromatic N) is 2. The van der Waals surface area contributed by atoms with Crippen LogP contribution in [0.2, 0.25) is 5.15 Å². The van der Waals surface area contributed by atoms with Crippen molar-refractivity contribution in [2.75, 3.05) is 11.9 Å². The van der Waals surface area contributed by atoms with E-state index in [-0.39, 0.29) is 5.41 Å². The van der Waals surface area contributed by atoms with Gasteiger partial charge in [-0.25, -0.2) is 9.97 Å². The standard InChI is InChI=1S/C17H30ClN3/c1-7-9-10-13(8-2)11-19-15-12(3)14(18)20-16(21-15)17(4,5)6/h13H,7-11H2,1-6H3,(H,19,20,21). The summed E-state index contributed by atoms with van der Waals surface area (Å²) >= 11 is 6.27. The Labute approximate surface area is 134 Å². The van der Waals surface area contributed by atoms with Gasteiger partial charge in [-0.2, -0.15) is 0 Å². The Kier molecular flexibility index (Phi) is 6.92. The number of hydrogen-bond acceptors (Lipinski definition) is 3. The highest BCUT2D eigenvalue weighted by Crippen LogP contribution is 2.26. The second-order valence-electron chi connectivity index (χ2n) is 6.86. The lowest BCUT2D eigenvalue weighted by Crippen LogP contribution is -2.20. The van der Waals surface area contributed by atoms with Crippen LogP contribution in [0.25, 0.3) is 0 Å². The maximum atomic E-state index is 6.27. The predicted octanol–water partition coefficient (Wildman–Crippen LogP) is 5.36. The number of aromatic nitrogens is 2. The molecule has 0 bridgehead atoms. The molecule has 1 atom stereocenters. The number of unbranched alkanes of at least 4 members (excludes halogenated alkanes) is 1. The summed E-state index contributed by atoms with van der Waals surface area (Å²) in [6, 6.07) is 0. The van der Waals surface area contributed by atoms with Gasteiger partial charge in [0.2, 0.25) is 0 Å². The van der Waals surface area contributed by atoms with Crippen molar-refractivity contribution in [3.63, 3.8) is 0 Å². The molecule has 1 aromatic rings. The van der Waals surface area contributed by atoms with Crippen molar-refractivity contribution in [3.8, 4) is 0 Å². The molecule has 1 rings (SSSR count). The minimum Gasteiger partial charge on any atom is -0.369 e. The molecule has 0 fully saturated rings. The molecule has 4 heteroatoms. The van der Waals surface area contributed by atoms with Crippen LogP contribution < -0.4 is 5.32 Å². The van der Waals surface area contributed by atoms with Gasteiger partial charge in [0.1, 0.15) is 16.8 Å². The van der Waals surface area contributed by atoms with Crippen LogP contribution in [-0.2, 0) is 5.41 Å². The Bertz CT molecular complexity index is 452. The number of rotatable bonds is 7. The molecular formula is C17H30ClN3. The minimum absolute atomic E-state index is 0.0971. The van der Waals surface area contributed by atoms with Crippen LogP contribution in [-0.4, -0.2) is 16.5 Å². The highest BCUT2D eigenvalue weighted by molar-refractivity contribution is 6.30. The molecule has 0 aliphatic rings. The molecule has 1 N–H and O–H groups in total. The highest BCUT2D eigenvalue weighted by atomic mass is 35.5. The average Bonchev–Trinajstić information content (AvgIpc) is 2.42. The molecular weight excluding hydrogens is 282 g/mol. The van der Waals surface area contributed by atoms with E-state index in [1.165, 1.54) is 25.7 Å². The van der Waals surface area contributed by atoms with Gasteiger partial charge >= 0.3 is 0 Å². The summed E-state index contributed by atoms with van der Waals surface area (Å²) in [5, 5.41) is 4.05. The van der Waals surface area contributed by atoms with E-state index in [0.717, 1.165) is 23.8 Å². The van der Waals surface area contributed by atoms with Crippen LogP contribution in [0.3, 0.4) is 0 Å². The Morgan fingerprint density at radius 2 is 1.86 bits per heavy atom. The lowest BCUT2D eigenvalue weighted by molar-refractivity contribution is 0.471. The molecule has 3 nitrogen and oxygen atoms in total. The van der Waals surface area contributed by atoms with Gasteiger partial charge in [-0.1, -0.05) is 65.5 Å². The third-order valence-electron chi connectivity index (χ3n) is 3.86. The van der Waals surface area contributed by atoms with Crippen LogP contribution in [0.5, 0.6) is 0 Å². The molecule has 1 unspecified atom stereocenters. The maximum Gasteiger partial charge on any atom is 0.137 e. The summed E-state index contributed by atoms with van der Waals surface area (Å²) in [7, 11) is 0. The van der Waals surface area contributed by atoms with Gasteiger partial charge in [0.05, 0.1) is 0 Å². The molecule has 0 spiro atoms. The second-order valence-corrected chi connectivity index (χ2v) is 7.22. The lowest BCUT2D eigenvalue weighted by Gasteiger charge is -2.21. The van der Waals surface area contributed by atoms with Crippen LogP contribution in [0.4, 0.5) is 5.82 Å². The SMILES string of the molecule is CCCCC(CC)CNc1nc(C(C)(C)C)nc(Cl)c1C. The Balaban J connectivity index is 2.84. The Hall–Kier alpha value is -0.830. The van der Waals surface area contributed by atoms with E-state index in [2.05, 4.69) is 49.9 Å². The molecule has 0 saturated carbocycles. The summed E-state index contributed by atoms with van der Waals surface area (Å²) in [6.07, 6.45) is 5.00. The third-order valence-corrected chi connectivity index (χ3v) is 4.23. The largest absolute Gasteiger partial charge is 0.369 e. The van der Waals surface area contributed by atoms with Gasteiger partial charge in [0.15, 0.2) is 0 Å². The van der Waals surface area contributed by atoms with Gasteiger partial charge in [0, 0.05) is 17.5 Å². The van der Waals surface area contributed by atoms with Crippen molar-refractivity contribution in [1.29, 1.82) is 0 Å². The molecule has 0 aromatic carbocycles. The van der Waals surface area contributed by atoms with Gasteiger partial charge in [-0.15, -0.1) is 0 Å². The molecule has 0 aliphatic heterocycles. The number of anilines is 1. The normalized spacial score (nSPS) is 13.3. The van der Waals surface area contributed by atoms with Gasteiger partial charge in [-0.05, 0) is 19.3 Å². The number of halogens is 1. The van der Waals surface area contributed by atoms with Crippen molar-refractivity contribution < 1.29 is 0 Å². The first kappa shape index (κ1) is 18.2. The van der Waals surface area contributed by atoms with E-state index in [1.807, 2.05) is 6.92 Å². The molecule has 120 valence electrons. The van der Waals surface area contributed by atoms with Gasteiger partial charge in [0.25, 0.3) is 0 Å². The molecule has 0 amide bonds. The zero-order valence-electron chi connectivity index (χ0n) is 14.4. The first-order chi connectivity index (χ1) is 9.79. The van der Waals surface area contributed by atoms with E-state index < -0.39 is 0 Å². The first-order valence-electron chi connectivity index (χ1n) is 8.08. The zero-order chi connectivity index (χ0) is 16.0. The minimum atomic E-state index is -0.0971. The summed E-state index contributed by atoms with van der Waals surface area (Å²) in [6.45, 7) is 13.7. The number of hydrogen-bond donors (Lipinski definition) is 1. The first-order valence-corrected chi connectivity index (χ1v) is 8.45. The Morgan fingerprint density at radius 1 is 1.19 bits per heavy atom. The molecule has 0 aliphatic carbocycles. The third kappa shape index (κ3) is 5.46. The summed E-state index contributed by atoms with van der Waals surface area (Å²) < 4.78 is 0. The summed E-state index contributed by atoms with van der Waals surface area (Å²) in [5.41, 5.74) is 0.843. The predicted molar refractivity (Wildman–Crippen MR) is 92.3 cm³/mol. The van der Waals surface area contributed by atoms with E-state index in [0.29, 0.717) is 11.1 Å². The van der Waals surface area contributed by atoms with Crippen LogP contribution in [0.15, 0.2) is 0 Å². The monoisotopic (exact) mass is 311 g/mol. The van der Waals surface area contributed by atoms with Crippen LogP contribution in [0.1, 0.15) is 71.7 Å². The smallest absolute Gasteiger partial charge is 0.137 e. The fraction of sp³-hybridized carbons (Fsp3) is 0.765. The second kappa shape index (κ2) is 7.98. The fourth-order valence-corrected chi connectivity index (χ4v) is 2.35. The molecule has 0 saturated heterocycles. The fourth-order valence-electron chi connectivity index (χ4n) is 2.18. The lowest BCUT2D eigenvalue weighted by atomic mass is 9.95. The Morgan fingerprint density at radius 3 is 2.38 bits per heavy atom. The summed E-state index contributed by atoms with van der Waals surface area (Å²) in [4.78, 5) is 9.10. The summed E-state index contributed by atoms with van der Waals surface area (Å²) in [5.74, 6) is 2.37. The maximum absolute atomic E-state index is 6.27. The van der Waals surface area contributed by atoms with Crippen molar-refractivity contribution in [3.05, 3.63) is 16.5 Å². The average molecular weight is 312 g/mol. The van der Waals surface area contributed by atoms with Crippen molar-refractivity contribution in [1.82, 2.24) is 9.97 Å². The quantitative estimate of drug-likeness (QED) is 0.688. The van der Waals surface area contributed by atoms with E-state index in [4.69, 9.17) is 11.6 Å². The topological polar surface area (TPSA) is 37.8 Å². The van der Waals surface area contributed by atoms with Gasteiger partial charge < -0.3 is 5.32 Å². The molecule has 1 heterocycles. The van der Waals surface area contributed by atoms with Gasteiger partial charge in [-0.3, -0.25) is 0 Å². The zero-order valence-corrected chi connectivity index (χ0v) is 15.1. The molecule has 21 heavy (non-hydrogen) atoms. The molecule has 1 aromatic heterocycles. The molecule has 0 radical (unpaired) electrons. The van der Waals surface area contributed by atoms with Crippen LogP contribution >= 0.6 is 11.6 Å². The van der Waals surface area contributed by atoms with Crippen molar-refractivity contribution in [2.24, 2.45) is 5.92 Å². The van der Waals surface area contributed by atoms with E-state index in [1.54, 1.807) is 0 Å². The van der Waals surface area contributed by atoms with E-state index in [9.17, 15) is 0 Å². The highest BCUT2D eigenvalue weighted by Gasteiger charge is 2.20. The number of nitrogens with one attached hydrogen (secondary N) is 1. The van der Waals surface area contributed by atoms with Crippen LogP contribution in [0, 0.1) is 12.8 Å².